The third kappa shape index (κ3) is 4.05. The Morgan fingerprint density at radius 1 is 0.967 bits per heavy atom. The molecule has 7 heteroatoms. The van der Waals surface area contributed by atoms with Crippen LogP contribution in [0.5, 0.6) is 5.75 Å². The van der Waals surface area contributed by atoms with E-state index in [1.165, 1.54) is 18.9 Å². The maximum atomic E-state index is 12.9. The number of imide groups is 2. The second kappa shape index (κ2) is 8.41. The number of carbonyl (C=O) groups is 3. The second-order valence-corrected chi connectivity index (χ2v) is 7.34. The maximum absolute atomic E-state index is 12.9. The van der Waals surface area contributed by atoms with Crippen molar-refractivity contribution in [1.82, 2.24) is 10.2 Å². The minimum Gasteiger partial charge on any atom is -0.497 e. The van der Waals surface area contributed by atoms with E-state index in [9.17, 15) is 14.4 Å². The molecule has 0 aliphatic carbocycles. The van der Waals surface area contributed by atoms with E-state index in [1.54, 1.807) is 31.4 Å². The summed E-state index contributed by atoms with van der Waals surface area (Å²) in [5.74, 6) is -0.607. The monoisotopic (exact) mass is 405 g/mol. The predicted octanol–water partition coefficient (Wildman–Crippen LogP) is 2.96. The number of nitrogens with one attached hydrogen (secondary N) is 1. The van der Waals surface area contributed by atoms with Gasteiger partial charge in [-0.25, -0.2) is 4.79 Å². The van der Waals surface area contributed by atoms with Gasteiger partial charge < -0.3 is 9.64 Å². The summed E-state index contributed by atoms with van der Waals surface area (Å²) in [6, 6.07) is 14.1. The summed E-state index contributed by atoms with van der Waals surface area (Å²) in [5.41, 5.74) is 2.56. The highest BCUT2D eigenvalue weighted by Gasteiger charge is 2.35. The molecule has 7 nitrogen and oxygen atoms in total. The number of rotatable bonds is 5. The molecule has 4 amide bonds. The van der Waals surface area contributed by atoms with E-state index >= 15 is 0 Å². The highest BCUT2D eigenvalue weighted by molar-refractivity contribution is 6.30. The third-order valence-corrected chi connectivity index (χ3v) is 5.36. The Balaban J connectivity index is 1.53. The van der Waals surface area contributed by atoms with E-state index in [1.807, 2.05) is 24.3 Å². The quantitative estimate of drug-likeness (QED) is 0.611. The van der Waals surface area contributed by atoms with E-state index in [0.29, 0.717) is 5.75 Å². The molecule has 0 atom stereocenters. The first-order valence-corrected chi connectivity index (χ1v) is 9.92. The van der Waals surface area contributed by atoms with Gasteiger partial charge in [0, 0.05) is 18.8 Å². The molecule has 0 saturated carbocycles. The summed E-state index contributed by atoms with van der Waals surface area (Å²) in [6.45, 7) is 2.15. The van der Waals surface area contributed by atoms with E-state index in [2.05, 4.69) is 10.2 Å². The lowest BCUT2D eigenvalue weighted by molar-refractivity contribution is -0.130. The molecule has 1 N–H and O–H groups in total. The van der Waals surface area contributed by atoms with Gasteiger partial charge in [0.2, 0.25) is 0 Å². The van der Waals surface area contributed by atoms with E-state index < -0.39 is 17.8 Å². The normalized spacial score (nSPS) is 18.2. The first-order chi connectivity index (χ1) is 14.5. The SMILES string of the molecule is COc1ccc(CN2C(=O)NC(=O)/C(=C/c3ccc(N4CCCC4)cc3)C2=O)cc1. The zero-order chi connectivity index (χ0) is 21.1. The summed E-state index contributed by atoms with van der Waals surface area (Å²) in [4.78, 5) is 40.8. The van der Waals surface area contributed by atoms with Crippen LogP contribution in [0.1, 0.15) is 24.0 Å². The number of barbiturate groups is 1. The fraction of sp³-hybridized carbons (Fsp3) is 0.261. The van der Waals surface area contributed by atoms with E-state index in [4.69, 9.17) is 4.74 Å². The molecule has 2 heterocycles. The molecule has 0 spiro atoms. The van der Waals surface area contributed by atoms with Crippen molar-refractivity contribution < 1.29 is 19.1 Å². The van der Waals surface area contributed by atoms with Crippen LogP contribution in [0, 0.1) is 0 Å². The minimum atomic E-state index is -0.720. The van der Waals surface area contributed by atoms with Crippen LogP contribution in [-0.4, -0.2) is 42.9 Å². The van der Waals surface area contributed by atoms with E-state index in [0.717, 1.165) is 34.8 Å². The average Bonchev–Trinajstić information content (AvgIpc) is 3.30. The van der Waals surface area contributed by atoms with Gasteiger partial charge in [0.05, 0.1) is 13.7 Å². The number of carbonyl (C=O) groups excluding carboxylic acids is 3. The zero-order valence-corrected chi connectivity index (χ0v) is 16.8. The number of nitrogens with zero attached hydrogens (tertiary/aromatic N) is 2. The van der Waals surface area contributed by atoms with Gasteiger partial charge in [0.15, 0.2) is 0 Å². The Labute approximate surface area is 174 Å². The first-order valence-electron chi connectivity index (χ1n) is 9.92. The van der Waals surface area contributed by atoms with Crippen LogP contribution in [0.25, 0.3) is 6.08 Å². The summed E-state index contributed by atoms with van der Waals surface area (Å²) in [7, 11) is 1.57. The maximum Gasteiger partial charge on any atom is 0.331 e. The number of ether oxygens (including phenoxy) is 1. The molecule has 0 radical (unpaired) electrons. The van der Waals surface area contributed by atoms with Crippen LogP contribution in [0.2, 0.25) is 0 Å². The zero-order valence-electron chi connectivity index (χ0n) is 16.8. The molecule has 2 aliphatic heterocycles. The van der Waals surface area contributed by atoms with Crippen LogP contribution < -0.4 is 15.0 Å². The highest BCUT2D eigenvalue weighted by atomic mass is 16.5. The third-order valence-electron chi connectivity index (χ3n) is 5.36. The van der Waals surface area contributed by atoms with Gasteiger partial charge >= 0.3 is 6.03 Å². The fourth-order valence-electron chi connectivity index (χ4n) is 3.67. The predicted molar refractivity (Wildman–Crippen MR) is 113 cm³/mol. The fourth-order valence-corrected chi connectivity index (χ4v) is 3.67. The molecule has 2 aromatic rings. The molecule has 0 unspecified atom stereocenters. The Morgan fingerprint density at radius 3 is 2.27 bits per heavy atom. The number of amides is 4. The van der Waals surface area contributed by atoms with Crippen molar-refractivity contribution in [2.24, 2.45) is 0 Å². The number of urea groups is 1. The molecular formula is C23H23N3O4. The molecule has 0 aromatic heterocycles. The van der Waals surface area contributed by atoms with Crippen molar-refractivity contribution in [3.05, 3.63) is 65.2 Å². The van der Waals surface area contributed by atoms with Crippen molar-refractivity contribution in [2.45, 2.75) is 19.4 Å². The molecule has 0 bridgehead atoms. The average molecular weight is 405 g/mol. The first kappa shape index (κ1) is 19.7. The van der Waals surface area contributed by atoms with Crippen LogP contribution in [0.15, 0.2) is 54.1 Å². The van der Waals surface area contributed by atoms with Gasteiger partial charge in [-0.15, -0.1) is 0 Å². The lowest BCUT2D eigenvalue weighted by Gasteiger charge is -2.26. The molecular weight excluding hydrogens is 382 g/mol. The van der Waals surface area contributed by atoms with Gasteiger partial charge in [-0.1, -0.05) is 24.3 Å². The topological polar surface area (TPSA) is 79.0 Å². The molecule has 4 rings (SSSR count). The smallest absolute Gasteiger partial charge is 0.331 e. The Hall–Kier alpha value is -3.61. The minimum absolute atomic E-state index is 0.0583. The Bertz CT molecular complexity index is 990. The Morgan fingerprint density at radius 2 is 1.63 bits per heavy atom. The van der Waals surface area contributed by atoms with Gasteiger partial charge in [-0.3, -0.25) is 19.8 Å². The lowest BCUT2D eigenvalue weighted by atomic mass is 10.1. The number of benzene rings is 2. The largest absolute Gasteiger partial charge is 0.497 e. The number of anilines is 1. The van der Waals surface area contributed by atoms with Crippen molar-refractivity contribution in [1.29, 1.82) is 0 Å². The molecule has 2 aromatic carbocycles. The number of methoxy groups -OCH3 is 1. The van der Waals surface area contributed by atoms with Crippen molar-refractivity contribution in [3.8, 4) is 5.75 Å². The van der Waals surface area contributed by atoms with Crippen LogP contribution in [0.3, 0.4) is 0 Å². The van der Waals surface area contributed by atoms with Gasteiger partial charge in [0.25, 0.3) is 11.8 Å². The van der Waals surface area contributed by atoms with Crippen molar-refractivity contribution in [2.75, 3.05) is 25.1 Å². The van der Waals surface area contributed by atoms with Crippen LogP contribution in [-0.2, 0) is 16.1 Å². The van der Waals surface area contributed by atoms with Crippen molar-refractivity contribution in [3.63, 3.8) is 0 Å². The Kier molecular flexibility index (Phi) is 5.52. The summed E-state index contributed by atoms with van der Waals surface area (Å²) in [5, 5.41) is 2.26. The summed E-state index contributed by atoms with van der Waals surface area (Å²) in [6.07, 6.45) is 3.91. The van der Waals surface area contributed by atoms with Crippen LogP contribution >= 0.6 is 0 Å². The second-order valence-electron chi connectivity index (χ2n) is 7.34. The molecule has 2 saturated heterocycles. The molecule has 2 fully saturated rings. The standard InChI is InChI=1S/C23H23N3O4/c1-30-19-10-6-17(7-11-19)15-26-22(28)20(21(27)24-23(26)29)14-16-4-8-18(9-5-16)25-12-2-3-13-25/h4-11,14H,2-3,12-13,15H2,1H3,(H,24,27,29)/b20-14-. The van der Waals surface area contributed by atoms with Gasteiger partial charge in [-0.05, 0) is 54.3 Å². The van der Waals surface area contributed by atoms with Gasteiger partial charge in [0.1, 0.15) is 11.3 Å². The molecule has 30 heavy (non-hydrogen) atoms. The van der Waals surface area contributed by atoms with Gasteiger partial charge in [-0.2, -0.15) is 0 Å². The summed E-state index contributed by atoms with van der Waals surface area (Å²) >= 11 is 0. The molecule has 2 aliphatic rings. The number of hydrogen-bond donors (Lipinski definition) is 1. The van der Waals surface area contributed by atoms with Crippen molar-refractivity contribution >= 4 is 29.6 Å². The summed E-state index contributed by atoms with van der Waals surface area (Å²) < 4.78 is 5.12. The lowest BCUT2D eigenvalue weighted by Crippen LogP contribution is -2.53. The van der Waals surface area contributed by atoms with Crippen LogP contribution in [0.4, 0.5) is 10.5 Å². The molecule has 154 valence electrons. The van der Waals surface area contributed by atoms with E-state index in [-0.39, 0.29) is 12.1 Å². The highest BCUT2D eigenvalue weighted by Crippen LogP contribution is 2.23. The number of hydrogen-bond acceptors (Lipinski definition) is 5.